The topological polar surface area (TPSA) is 123 Å². The molecular weight excluding hydrogens is 520 g/mol. The van der Waals surface area contributed by atoms with Gasteiger partial charge in [-0.05, 0) is 52.0 Å². The van der Waals surface area contributed by atoms with Crippen molar-refractivity contribution >= 4 is 41.8 Å². The van der Waals surface area contributed by atoms with Crippen LogP contribution in [0.15, 0.2) is 55.4 Å². The van der Waals surface area contributed by atoms with Gasteiger partial charge in [0.2, 0.25) is 20.0 Å². The summed E-state index contributed by atoms with van der Waals surface area (Å²) in [6, 6.07) is 8.75. The maximum atomic E-state index is 13.3. The van der Waals surface area contributed by atoms with Crippen LogP contribution in [0, 0.1) is 0 Å². The van der Waals surface area contributed by atoms with E-state index in [4.69, 9.17) is 13.9 Å². The fourth-order valence-electron chi connectivity index (χ4n) is 5.16. The van der Waals surface area contributed by atoms with Crippen LogP contribution >= 0.6 is 0 Å². The zero-order chi connectivity index (χ0) is 26.7. The molecule has 5 rings (SSSR count). The summed E-state index contributed by atoms with van der Waals surface area (Å²) in [7, 11) is -7.70. The molecule has 1 aromatic heterocycles. The summed E-state index contributed by atoms with van der Waals surface area (Å²) >= 11 is 0. The first-order valence-corrected chi connectivity index (χ1v) is 15.1. The number of hydrogen-bond acceptors (Lipinski definition) is 8. The van der Waals surface area contributed by atoms with E-state index < -0.39 is 25.7 Å². The van der Waals surface area contributed by atoms with Crippen LogP contribution in [0.4, 0.5) is 0 Å². The molecule has 2 saturated heterocycles. The Kier molecular flexibility index (Phi) is 6.70. The van der Waals surface area contributed by atoms with E-state index in [9.17, 15) is 21.6 Å². The van der Waals surface area contributed by atoms with Gasteiger partial charge in [0.05, 0.1) is 39.6 Å². The standard InChI is InChI=1S/C25H30N2O8S2/c1-15-11-26(12-16(2)33-15)36(29,30)19-5-7-21-22-8-6-20(10-24(22)35-25(28)23(21)9-19)37(31,32)27-13-17(3)34-18(4)14-27/h5-10,15-18H,11-14H2,1-4H3/t15-,16+,17-,18-/m1/s1. The number of benzene rings is 2. The third-order valence-electron chi connectivity index (χ3n) is 6.70. The third kappa shape index (κ3) is 4.82. The maximum Gasteiger partial charge on any atom is 0.344 e. The summed E-state index contributed by atoms with van der Waals surface area (Å²) in [5.41, 5.74) is -0.634. The van der Waals surface area contributed by atoms with Gasteiger partial charge in [-0.1, -0.05) is 6.07 Å². The first-order chi connectivity index (χ1) is 17.4. The zero-order valence-electron chi connectivity index (χ0n) is 21.1. The summed E-state index contributed by atoms with van der Waals surface area (Å²) in [5, 5.41) is 1.09. The maximum absolute atomic E-state index is 13.3. The van der Waals surface area contributed by atoms with Gasteiger partial charge in [0.15, 0.2) is 0 Å². The van der Waals surface area contributed by atoms with E-state index in [-0.39, 0.29) is 71.4 Å². The molecule has 2 fully saturated rings. The number of fused-ring (bicyclic) bond motifs is 3. The molecule has 10 nitrogen and oxygen atoms in total. The van der Waals surface area contributed by atoms with Crippen LogP contribution in [0.2, 0.25) is 0 Å². The van der Waals surface area contributed by atoms with Crippen LogP contribution in [0.5, 0.6) is 0 Å². The molecule has 200 valence electrons. The number of ether oxygens (including phenoxy) is 2. The number of nitrogens with zero attached hydrogens (tertiary/aromatic N) is 2. The van der Waals surface area contributed by atoms with Gasteiger partial charge in [0, 0.05) is 43.0 Å². The minimum atomic E-state index is -3.86. The molecule has 0 radical (unpaired) electrons. The molecule has 0 saturated carbocycles. The van der Waals surface area contributed by atoms with Gasteiger partial charge in [-0.3, -0.25) is 0 Å². The highest BCUT2D eigenvalue weighted by atomic mass is 32.2. The quantitative estimate of drug-likeness (QED) is 0.359. The van der Waals surface area contributed by atoms with E-state index in [2.05, 4.69) is 0 Å². The Labute approximate surface area is 215 Å². The first kappa shape index (κ1) is 26.3. The monoisotopic (exact) mass is 550 g/mol. The summed E-state index contributed by atoms with van der Waals surface area (Å²) in [5.74, 6) is 0. The number of sulfonamides is 2. The molecule has 12 heteroatoms. The van der Waals surface area contributed by atoms with Crippen molar-refractivity contribution in [2.45, 2.75) is 61.9 Å². The summed E-state index contributed by atoms with van der Waals surface area (Å²) < 4.78 is 72.7. The molecule has 0 unspecified atom stereocenters. The van der Waals surface area contributed by atoms with Crippen molar-refractivity contribution < 1.29 is 30.7 Å². The first-order valence-electron chi connectivity index (χ1n) is 12.2. The van der Waals surface area contributed by atoms with Crippen molar-refractivity contribution in [3.8, 4) is 0 Å². The molecule has 2 aliphatic rings. The van der Waals surface area contributed by atoms with E-state index in [0.717, 1.165) is 0 Å². The number of morpholine rings is 2. The molecule has 3 aromatic rings. The highest BCUT2D eigenvalue weighted by Gasteiger charge is 2.34. The van der Waals surface area contributed by atoms with Crippen LogP contribution in [0.3, 0.4) is 0 Å². The lowest BCUT2D eigenvalue weighted by molar-refractivity contribution is -0.0442. The Balaban J connectivity index is 1.55. The van der Waals surface area contributed by atoms with Gasteiger partial charge >= 0.3 is 5.63 Å². The Hall–Kier alpha value is -2.35. The fraction of sp³-hybridized carbons (Fsp3) is 0.480. The van der Waals surface area contributed by atoms with Gasteiger partial charge in [-0.2, -0.15) is 8.61 Å². The van der Waals surface area contributed by atoms with Gasteiger partial charge < -0.3 is 13.9 Å². The average Bonchev–Trinajstić information content (AvgIpc) is 2.82. The second kappa shape index (κ2) is 9.44. The molecule has 2 aliphatic heterocycles. The minimum absolute atomic E-state index is 0.0114. The molecule has 0 N–H and O–H groups in total. The van der Waals surface area contributed by atoms with Crippen LogP contribution in [0.25, 0.3) is 21.7 Å². The number of rotatable bonds is 4. The average molecular weight is 551 g/mol. The fourth-order valence-corrected chi connectivity index (χ4v) is 8.39. The van der Waals surface area contributed by atoms with Crippen molar-refractivity contribution in [3.63, 3.8) is 0 Å². The Bertz CT molecular complexity index is 1610. The van der Waals surface area contributed by atoms with Gasteiger partial charge in [-0.25, -0.2) is 21.6 Å². The molecule has 0 spiro atoms. The smallest absolute Gasteiger partial charge is 0.344 e. The van der Waals surface area contributed by atoms with Gasteiger partial charge in [-0.15, -0.1) is 0 Å². The lowest BCUT2D eigenvalue weighted by Crippen LogP contribution is -2.48. The van der Waals surface area contributed by atoms with Crippen molar-refractivity contribution in [1.29, 1.82) is 0 Å². The van der Waals surface area contributed by atoms with E-state index in [1.807, 2.05) is 27.7 Å². The SMILES string of the molecule is C[C@@H]1CN(S(=O)(=O)c2ccc3c(c2)oc(=O)c2cc(S(=O)(=O)N4C[C@@H](C)O[C@@H](C)C4)ccc23)C[C@@H](C)O1. The van der Waals surface area contributed by atoms with Crippen molar-refractivity contribution in [2.75, 3.05) is 26.2 Å². The largest absolute Gasteiger partial charge is 0.422 e. The van der Waals surface area contributed by atoms with E-state index >= 15 is 0 Å². The predicted molar refractivity (Wildman–Crippen MR) is 138 cm³/mol. The highest BCUT2D eigenvalue weighted by Crippen LogP contribution is 2.30. The van der Waals surface area contributed by atoms with Crippen LogP contribution in [-0.2, 0) is 29.5 Å². The lowest BCUT2D eigenvalue weighted by Gasteiger charge is -2.34. The molecule has 3 heterocycles. The Morgan fingerprint density at radius 3 is 1.57 bits per heavy atom. The van der Waals surface area contributed by atoms with Crippen molar-refractivity contribution in [1.82, 2.24) is 8.61 Å². The highest BCUT2D eigenvalue weighted by molar-refractivity contribution is 7.89. The second-order valence-electron chi connectivity index (χ2n) is 9.91. The van der Waals surface area contributed by atoms with Gasteiger partial charge in [0.1, 0.15) is 5.58 Å². The van der Waals surface area contributed by atoms with Crippen molar-refractivity contribution in [3.05, 3.63) is 46.8 Å². The van der Waals surface area contributed by atoms with E-state index in [0.29, 0.717) is 10.8 Å². The zero-order valence-corrected chi connectivity index (χ0v) is 22.7. The van der Waals surface area contributed by atoms with Crippen LogP contribution in [-0.4, -0.2) is 76.0 Å². The summed E-state index contributed by atoms with van der Waals surface area (Å²) in [6.45, 7) is 8.15. The van der Waals surface area contributed by atoms with Crippen molar-refractivity contribution in [2.24, 2.45) is 0 Å². The predicted octanol–water partition coefficient (Wildman–Crippen LogP) is 2.54. The number of hydrogen-bond donors (Lipinski definition) is 0. The van der Waals surface area contributed by atoms with Crippen LogP contribution in [0.1, 0.15) is 27.7 Å². The molecular formula is C25H30N2O8S2. The van der Waals surface area contributed by atoms with Gasteiger partial charge in [0.25, 0.3) is 0 Å². The third-order valence-corrected chi connectivity index (χ3v) is 10.4. The second-order valence-corrected chi connectivity index (χ2v) is 13.8. The molecule has 0 amide bonds. The molecule has 2 aromatic carbocycles. The lowest BCUT2D eigenvalue weighted by atomic mass is 10.1. The summed E-state index contributed by atoms with van der Waals surface area (Å²) in [6.07, 6.45) is -0.977. The van der Waals surface area contributed by atoms with E-state index in [1.54, 1.807) is 12.1 Å². The molecule has 0 aliphatic carbocycles. The normalized spacial score (nSPS) is 26.6. The summed E-state index contributed by atoms with van der Waals surface area (Å²) in [4.78, 5) is 12.9. The molecule has 4 atom stereocenters. The molecule has 37 heavy (non-hydrogen) atoms. The minimum Gasteiger partial charge on any atom is -0.422 e. The Morgan fingerprint density at radius 1 is 0.649 bits per heavy atom. The molecule has 0 bridgehead atoms. The van der Waals surface area contributed by atoms with Crippen LogP contribution < -0.4 is 5.63 Å². The Morgan fingerprint density at radius 2 is 1.08 bits per heavy atom. The van der Waals surface area contributed by atoms with E-state index in [1.165, 1.54) is 32.9 Å².